The number of hydrogen-bond donors (Lipinski definition) is 2. The summed E-state index contributed by atoms with van der Waals surface area (Å²) in [5.74, 6) is -1.37. The van der Waals surface area contributed by atoms with Crippen LogP contribution in [0.5, 0.6) is 5.75 Å². The fourth-order valence-electron chi connectivity index (χ4n) is 7.34. The highest BCUT2D eigenvalue weighted by molar-refractivity contribution is 6.33. The van der Waals surface area contributed by atoms with Crippen molar-refractivity contribution in [1.82, 2.24) is 34.0 Å². The maximum Gasteiger partial charge on any atom is 0.416 e. The van der Waals surface area contributed by atoms with Crippen LogP contribution < -0.4 is 20.7 Å². The number of fused-ring (bicyclic) bond motifs is 2. The minimum Gasteiger partial charge on any atom is -0.504 e. The van der Waals surface area contributed by atoms with E-state index in [1.165, 1.54) is 10.9 Å². The summed E-state index contributed by atoms with van der Waals surface area (Å²) in [7, 11) is 0. The molecule has 286 valence electrons. The number of piperidine rings is 1. The largest absolute Gasteiger partial charge is 0.504 e. The van der Waals surface area contributed by atoms with Crippen molar-refractivity contribution in [1.29, 1.82) is 0 Å². The number of anilines is 3. The van der Waals surface area contributed by atoms with Gasteiger partial charge in [-0.3, -0.25) is 14.4 Å². The first-order chi connectivity index (χ1) is 25.7. The van der Waals surface area contributed by atoms with Gasteiger partial charge in [-0.1, -0.05) is 18.5 Å². The molecule has 3 fully saturated rings. The van der Waals surface area contributed by atoms with Gasteiger partial charge in [-0.25, -0.2) is 9.97 Å². The number of amides is 2. The van der Waals surface area contributed by atoms with Gasteiger partial charge < -0.3 is 29.7 Å². The number of halogens is 6. The molecule has 2 atom stereocenters. The Morgan fingerprint density at radius 3 is 2.41 bits per heavy atom. The summed E-state index contributed by atoms with van der Waals surface area (Å²) in [5.41, 5.74) is -0.782. The van der Waals surface area contributed by atoms with E-state index >= 15 is 0 Å². The van der Waals surface area contributed by atoms with Gasteiger partial charge in [0.2, 0.25) is 17.6 Å². The second-order valence-corrected chi connectivity index (χ2v) is 13.7. The van der Waals surface area contributed by atoms with E-state index < -0.39 is 41.7 Å². The predicted molar refractivity (Wildman–Crippen MR) is 186 cm³/mol. The lowest BCUT2D eigenvalue weighted by Gasteiger charge is -2.54. The lowest BCUT2D eigenvalue weighted by atomic mass is 9.81. The first-order valence-electron chi connectivity index (χ1n) is 17.2. The van der Waals surface area contributed by atoms with E-state index in [1.807, 2.05) is 4.90 Å². The molecule has 0 bridgehead atoms. The Morgan fingerprint density at radius 2 is 1.78 bits per heavy atom. The third kappa shape index (κ3) is 6.58. The van der Waals surface area contributed by atoms with E-state index in [0.717, 1.165) is 16.6 Å². The molecule has 0 unspecified atom stereocenters. The summed E-state index contributed by atoms with van der Waals surface area (Å²) in [4.78, 5) is 59.4. The monoisotopic (exact) mass is 776 g/mol. The molecule has 7 rings (SSSR count). The number of aryl methyl sites for hydroxylation is 1. The Morgan fingerprint density at radius 1 is 1.06 bits per heavy atom. The lowest BCUT2D eigenvalue weighted by molar-refractivity contribution is -0.137. The summed E-state index contributed by atoms with van der Waals surface area (Å²) in [6.07, 6.45) is -3.56. The number of hydrogen-bond acceptors (Lipinski definition) is 10. The van der Waals surface area contributed by atoms with Crippen LogP contribution in [0.15, 0.2) is 41.0 Å². The molecular formula is C34H34ClF5N10O4. The number of carbonyl (C=O) groups is 2. The molecule has 2 saturated heterocycles. The summed E-state index contributed by atoms with van der Waals surface area (Å²) >= 11 is 6.13. The predicted octanol–water partition coefficient (Wildman–Crippen LogP) is 4.81. The summed E-state index contributed by atoms with van der Waals surface area (Å²) < 4.78 is 68.9. The summed E-state index contributed by atoms with van der Waals surface area (Å²) in [6, 6.07) is 1.89. The quantitative estimate of drug-likeness (QED) is 0.250. The van der Waals surface area contributed by atoms with Crippen LogP contribution in [0, 0.1) is 6.92 Å². The zero-order valence-corrected chi connectivity index (χ0v) is 29.8. The molecule has 2 amide bonds. The van der Waals surface area contributed by atoms with Gasteiger partial charge in [0.15, 0.2) is 11.4 Å². The van der Waals surface area contributed by atoms with E-state index in [2.05, 4.69) is 25.4 Å². The highest BCUT2D eigenvalue weighted by atomic mass is 35.5. The third-order valence-electron chi connectivity index (χ3n) is 10.3. The average molecular weight is 777 g/mol. The Bertz CT molecular complexity index is 2250. The molecule has 4 aromatic rings. The van der Waals surface area contributed by atoms with Crippen LogP contribution >= 0.6 is 11.6 Å². The van der Waals surface area contributed by atoms with E-state index in [9.17, 15) is 41.4 Å². The Hall–Kier alpha value is -5.33. The van der Waals surface area contributed by atoms with E-state index in [1.54, 1.807) is 23.6 Å². The standard InChI is InChI=1S/C34H34ClF5N10O4/c1-3-22-27(47-12-13-48(24-7-6-23(24)47)30(53)26-28(52)17(2)41-16-42-26)31(54)50-33(44-32(45-50)46-10-8-18(9-11-46)29(36)37)49(22)15-25(51)43-21-5-4-19(14-20(21)35)34(38,39)40/h4-5,14,16,23-24,52H,3,6-13,15H2,1-2H3,(H,43,51)/t23-,24-/m0/s1. The number of rotatable bonds is 7. The minimum absolute atomic E-state index is 0.00384. The number of nitrogens with one attached hydrogen (secondary N) is 1. The van der Waals surface area contributed by atoms with Crippen LogP contribution in [0.2, 0.25) is 5.02 Å². The van der Waals surface area contributed by atoms with Crippen LogP contribution in [-0.2, 0) is 23.9 Å². The second kappa shape index (κ2) is 14.1. The lowest BCUT2D eigenvalue weighted by Crippen LogP contribution is -2.67. The Balaban J connectivity index is 1.26. The third-order valence-corrected chi connectivity index (χ3v) is 10.6. The highest BCUT2D eigenvalue weighted by Crippen LogP contribution is 2.39. The van der Waals surface area contributed by atoms with Gasteiger partial charge in [0, 0.05) is 32.2 Å². The first-order valence-corrected chi connectivity index (χ1v) is 17.6. The number of aromatic hydroxyl groups is 1. The van der Waals surface area contributed by atoms with Crippen molar-refractivity contribution in [2.75, 3.05) is 41.3 Å². The van der Waals surface area contributed by atoms with Crippen molar-refractivity contribution in [3.63, 3.8) is 0 Å². The van der Waals surface area contributed by atoms with Crippen LogP contribution in [0.4, 0.5) is 39.3 Å². The molecule has 1 aromatic carbocycles. The van der Waals surface area contributed by atoms with E-state index in [-0.39, 0.29) is 108 Å². The summed E-state index contributed by atoms with van der Waals surface area (Å²) in [5, 5.41) is 17.2. The van der Waals surface area contributed by atoms with Gasteiger partial charge in [-0.2, -0.15) is 31.5 Å². The zero-order chi connectivity index (χ0) is 38.6. The molecule has 1 saturated carbocycles. The molecule has 14 nitrogen and oxygen atoms in total. The normalized spacial score (nSPS) is 18.8. The molecule has 5 heterocycles. The van der Waals surface area contributed by atoms with Gasteiger partial charge in [-0.05, 0) is 62.8 Å². The topological polar surface area (TPSA) is 154 Å². The number of aromatic nitrogens is 6. The fraction of sp³-hybridized carbons (Fsp3) is 0.441. The molecule has 54 heavy (non-hydrogen) atoms. The average Bonchev–Trinajstić information content (AvgIpc) is 3.57. The number of nitrogens with zero attached hydrogens (tertiary/aromatic N) is 9. The SMILES string of the molecule is CCc1c(N2CCN(C(=O)c3ncnc(C)c3O)[C@H]3CC[C@@H]32)c(=O)n2nc(N3CCC(=C(F)F)CC3)nc2n1CC(=O)Nc1ccc(C(F)(F)F)cc1Cl. The number of carbonyl (C=O) groups excluding carboxylic acids is 2. The Labute approximate surface area is 308 Å². The van der Waals surface area contributed by atoms with Crippen LogP contribution in [-0.4, -0.2) is 89.2 Å². The van der Waals surface area contributed by atoms with Crippen molar-refractivity contribution in [2.45, 2.75) is 70.8 Å². The summed E-state index contributed by atoms with van der Waals surface area (Å²) in [6.45, 7) is 3.61. The van der Waals surface area contributed by atoms with E-state index in [4.69, 9.17) is 11.6 Å². The first kappa shape index (κ1) is 37.0. The molecule has 3 aromatic heterocycles. The minimum atomic E-state index is -4.65. The van der Waals surface area contributed by atoms with Crippen LogP contribution in [0.1, 0.15) is 60.0 Å². The number of piperazine rings is 1. The van der Waals surface area contributed by atoms with Crippen molar-refractivity contribution in [3.8, 4) is 5.75 Å². The van der Waals surface area contributed by atoms with Gasteiger partial charge in [0.1, 0.15) is 18.6 Å². The molecule has 0 radical (unpaired) electrons. The maximum atomic E-state index is 14.5. The second-order valence-electron chi connectivity index (χ2n) is 13.3. The van der Waals surface area contributed by atoms with Crippen molar-refractivity contribution in [3.05, 3.63) is 74.2 Å². The molecule has 0 spiro atoms. The van der Waals surface area contributed by atoms with Gasteiger partial charge in [-0.15, -0.1) is 5.10 Å². The fourth-order valence-corrected chi connectivity index (χ4v) is 7.57. The van der Waals surface area contributed by atoms with Crippen molar-refractivity contribution < 1.29 is 36.6 Å². The Kier molecular flexibility index (Phi) is 9.69. The molecule has 2 aliphatic heterocycles. The molecule has 1 aliphatic carbocycles. The van der Waals surface area contributed by atoms with E-state index in [0.29, 0.717) is 24.6 Å². The van der Waals surface area contributed by atoms with Crippen molar-refractivity contribution in [2.24, 2.45) is 0 Å². The molecular weight excluding hydrogens is 743 g/mol. The number of benzene rings is 1. The van der Waals surface area contributed by atoms with Crippen LogP contribution in [0.3, 0.4) is 0 Å². The van der Waals surface area contributed by atoms with Gasteiger partial charge in [0.25, 0.3) is 17.5 Å². The maximum absolute atomic E-state index is 14.5. The zero-order valence-electron chi connectivity index (χ0n) is 29.0. The van der Waals surface area contributed by atoms with Crippen LogP contribution in [0.25, 0.3) is 5.78 Å². The van der Waals surface area contributed by atoms with Crippen molar-refractivity contribution >= 4 is 46.5 Å². The highest BCUT2D eigenvalue weighted by Gasteiger charge is 2.47. The molecule has 20 heteroatoms. The van der Waals surface area contributed by atoms with Gasteiger partial charge >= 0.3 is 6.18 Å². The smallest absolute Gasteiger partial charge is 0.416 e. The number of alkyl halides is 3. The molecule has 3 aliphatic rings. The molecule has 2 N–H and O–H groups in total. The van der Waals surface area contributed by atoms with Gasteiger partial charge in [0.05, 0.1) is 33.7 Å².